The second-order valence-electron chi connectivity index (χ2n) is 10.5. The molecule has 5 rings (SSSR count). The average molecular weight is 652 g/mol. The summed E-state index contributed by atoms with van der Waals surface area (Å²) in [5.74, 6) is -3.11. The molecular weight excluding hydrogens is 630 g/mol. The molecule has 8 nitrogen and oxygen atoms in total. The molecule has 0 radical (unpaired) electrons. The Morgan fingerprint density at radius 3 is 2.18 bits per heavy atom. The Morgan fingerprint density at radius 2 is 1.61 bits per heavy atom. The number of rotatable bonds is 5. The fourth-order valence-corrected chi connectivity index (χ4v) is 8.55. The molecule has 0 saturated carbocycles. The summed E-state index contributed by atoms with van der Waals surface area (Å²) in [7, 11) is -4.70. The van der Waals surface area contributed by atoms with Crippen LogP contribution in [0.15, 0.2) is 53.4 Å². The van der Waals surface area contributed by atoms with Crippen LogP contribution in [0.4, 0.5) is 35.1 Å². The van der Waals surface area contributed by atoms with Gasteiger partial charge in [0.2, 0.25) is 0 Å². The molecule has 1 saturated heterocycles. The molecule has 236 valence electrons. The van der Waals surface area contributed by atoms with Crippen molar-refractivity contribution in [3.63, 3.8) is 0 Å². The minimum atomic E-state index is -6.40. The number of nitrogens with zero attached hydrogens (tertiary/aromatic N) is 2. The number of carboxylic acids is 1. The fraction of sp³-hybridized carbons (Fsp3) is 0.370. The van der Waals surface area contributed by atoms with Crippen LogP contribution in [0.2, 0.25) is 0 Å². The number of sulfone groups is 1. The van der Waals surface area contributed by atoms with E-state index in [0.717, 1.165) is 35.2 Å². The number of fused-ring (bicyclic) bond motifs is 3. The van der Waals surface area contributed by atoms with Crippen LogP contribution in [0.3, 0.4) is 0 Å². The number of halogens is 8. The largest absolute Gasteiger partial charge is 0.477 e. The molecule has 44 heavy (non-hydrogen) atoms. The number of aromatic carboxylic acids is 1. The van der Waals surface area contributed by atoms with E-state index >= 15 is 4.39 Å². The van der Waals surface area contributed by atoms with E-state index in [1.807, 2.05) is 0 Å². The molecule has 1 aromatic heterocycles. The number of alkyl halides is 7. The number of carboxylic acid groups (broad SMARTS) is 1. The first-order valence-electron chi connectivity index (χ1n) is 12.9. The normalized spacial score (nSPS) is 21.0. The monoisotopic (exact) mass is 651 g/mol. The third-order valence-corrected chi connectivity index (χ3v) is 10.7. The number of amides is 1. The quantitative estimate of drug-likeness (QED) is 0.280. The second kappa shape index (κ2) is 10.3. The van der Waals surface area contributed by atoms with Gasteiger partial charge in [-0.3, -0.25) is 9.89 Å². The van der Waals surface area contributed by atoms with Gasteiger partial charge < -0.3 is 10.0 Å². The van der Waals surface area contributed by atoms with E-state index < -0.39 is 78.9 Å². The SMILES string of the molecule is O=C(O)c1cc(C(=O)N2CC[C@]3(S(=O)(=O)c4ccc(F)cc4)c4ccc(C(F)(C(F)(F)F)C(F)(F)F)cc4CCC[C@H]23)n[nH]1. The molecule has 3 aromatic rings. The lowest BCUT2D eigenvalue weighted by Crippen LogP contribution is -2.51. The minimum Gasteiger partial charge on any atom is -0.477 e. The Hall–Kier alpha value is -4.02. The van der Waals surface area contributed by atoms with Gasteiger partial charge in [0.1, 0.15) is 16.3 Å². The second-order valence-corrected chi connectivity index (χ2v) is 12.7. The predicted molar refractivity (Wildman–Crippen MR) is 135 cm³/mol. The molecule has 1 amide bonds. The smallest absolute Gasteiger partial charge is 0.435 e. The number of carbonyl (C=O) groups is 2. The lowest BCUT2D eigenvalue weighted by Gasteiger charge is -2.38. The van der Waals surface area contributed by atoms with Crippen molar-refractivity contribution in [1.82, 2.24) is 15.1 Å². The van der Waals surface area contributed by atoms with Crippen LogP contribution in [-0.2, 0) is 26.7 Å². The molecular formula is C27H21F8N3O5S. The number of H-pyrrole nitrogens is 1. The number of carbonyl (C=O) groups excluding carboxylic acids is 1. The Labute approximate surface area is 243 Å². The van der Waals surface area contributed by atoms with Crippen molar-refractivity contribution < 1.29 is 58.2 Å². The van der Waals surface area contributed by atoms with Crippen LogP contribution in [0.25, 0.3) is 0 Å². The van der Waals surface area contributed by atoms with Gasteiger partial charge in [-0.05, 0) is 61.1 Å². The predicted octanol–water partition coefficient (Wildman–Crippen LogP) is 5.46. The third kappa shape index (κ3) is 4.54. The zero-order chi connectivity index (χ0) is 32.5. The van der Waals surface area contributed by atoms with E-state index in [-0.39, 0.29) is 48.7 Å². The fourth-order valence-electron chi connectivity index (χ4n) is 6.18. The molecule has 2 aliphatic rings. The van der Waals surface area contributed by atoms with E-state index in [2.05, 4.69) is 10.2 Å². The number of nitrogens with one attached hydrogen (secondary N) is 1. The van der Waals surface area contributed by atoms with E-state index in [4.69, 9.17) is 0 Å². The zero-order valence-corrected chi connectivity index (χ0v) is 23.0. The summed E-state index contributed by atoms with van der Waals surface area (Å²) in [4.78, 5) is 25.5. The highest BCUT2D eigenvalue weighted by atomic mass is 32.2. The van der Waals surface area contributed by atoms with Crippen molar-refractivity contribution in [2.45, 2.75) is 59.4 Å². The number of aromatic amines is 1. The first-order valence-corrected chi connectivity index (χ1v) is 14.4. The summed E-state index contributed by atoms with van der Waals surface area (Å²) in [6.45, 7) is -0.293. The van der Waals surface area contributed by atoms with Gasteiger partial charge in [0, 0.05) is 18.2 Å². The number of hydrogen-bond donors (Lipinski definition) is 2. The highest BCUT2D eigenvalue weighted by molar-refractivity contribution is 7.92. The Balaban J connectivity index is 1.72. The van der Waals surface area contributed by atoms with Crippen LogP contribution in [0.5, 0.6) is 0 Å². The molecule has 2 aromatic carbocycles. The van der Waals surface area contributed by atoms with Crippen LogP contribution in [0, 0.1) is 5.82 Å². The van der Waals surface area contributed by atoms with Gasteiger partial charge in [-0.1, -0.05) is 18.2 Å². The first kappa shape index (κ1) is 31.4. The van der Waals surface area contributed by atoms with E-state index in [1.54, 1.807) is 0 Å². The lowest BCUT2D eigenvalue weighted by atomic mass is 9.84. The van der Waals surface area contributed by atoms with Gasteiger partial charge in [-0.25, -0.2) is 22.0 Å². The van der Waals surface area contributed by atoms with Crippen LogP contribution < -0.4 is 0 Å². The number of aryl methyl sites for hydroxylation is 1. The molecule has 1 fully saturated rings. The maximum Gasteiger partial charge on any atom is 0.435 e. The van der Waals surface area contributed by atoms with Crippen LogP contribution in [-0.4, -0.2) is 65.4 Å². The summed E-state index contributed by atoms with van der Waals surface area (Å²) in [5, 5.41) is 15.0. The number of likely N-dealkylation sites (tertiary alicyclic amines) is 1. The van der Waals surface area contributed by atoms with Crippen molar-refractivity contribution in [2.24, 2.45) is 0 Å². The van der Waals surface area contributed by atoms with Crippen molar-refractivity contribution >= 4 is 21.7 Å². The number of hydrogen-bond acceptors (Lipinski definition) is 5. The maximum atomic E-state index is 15.0. The first-order chi connectivity index (χ1) is 20.4. The summed E-state index contributed by atoms with van der Waals surface area (Å²) in [5.41, 5.74) is -8.90. The molecule has 17 heteroatoms. The van der Waals surface area contributed by atoms with Crippen LogP contribution >= 0.6 is 0 Å². The number of benzene rings is 2. The van der Waals surface area contributed by atoms with E-state index in [1.165, 1.54) is 0 Å². The van der Waals surface area contributed by atoms with Gasteiger partial charge in [0.25, 0.3) is 5.91 Å². The summed E-state index contributed by atoms with van der Waals surface area (Å²) in [6.07, 6.45) is -13.6. The Morgan fingerprint density at radius 1 is 0.977 bits per heavy atom. The van der Waals surface area contributed by atoms with Crippen molar-refractivity contribution in [1.29, 1.82) is 0 Å². The molecule has 1 aliphatic carbocycles. The topological polar surface area (TPSA) is 120 Å². The summed E-state index contributed by atoms with van der Waals surface area (Å²) < 4.78 is 137. The maximum absolute atomic E-state index is 15.0. The molecule has 0 unspecified atom stereocenters. The van der Waals surface area contributed by atoms with Crippen molar-refractivity contribution in [3.05, 3.63) is 82.4 Å². The molecule has 0 spiro atoms. The zero-order valence-electron chi connectivity index (χ0n) is 22.1. The van der Waals surface area contributed by atoms with Gasteiger partial charge >= 0.3 is 24.0 Å². The molecule has 2 N–H and O–H groups in total. The highest BCUT2D eigenvalue weighted by Gasteiger charge is 2.73. The minimum absolute atomic E-state index is 0.0378. The molecule has 1 aliphatic heterocycles. The lowest BCUT2D eigenvalue weighted by molar-refractivity contribution is -0.348. The van der Waals surface area contributed by atoms with Crippen molar-refractivity contribution in [3.8, 4) is 0 Å². The number of aromatic nitrogens is 2. The van der Waals surface area contributed by atoms with E-state index in [9.17, 15) is 53.8 Å². The summed E-state index contributed by atoms with van der Waals surface area (Å²) in [6, 6.07) is 4.52. The van der Waals surface area contributed by atoms with Crippen molar-refractivity contribution in [2.75, 3.05) is 6.54 Å². The van der Waals surface area contributed by atoms with Gasteiger partial charge in [-0.15, -0.1) is 0 Å². The average Bonchev–Trinajstić information content (AvgIpc) is 3.55. The van der Waals surface area contributed by atoms with E-state index in [0.29, 0.717) is 12.1 Å². The molecule has 0 bridgehead atoms. The molecule has 2 atom stereocenters. The summed E-state index contributed by atoms with van der Waals surface area (Å²) >= 11 is 0. The Bertz CT molecular complexity index is 1720. The third-order valence-electron chi connectivity index (χ3n) is 8.19. The molecule has 2 heterocycles. The van der Waals surface area contributed by atoms with Crippen LogP contribution in [0.1, 0.15) is 56.9 Å². The van der Waals surface area contributed by atoms with Gasteiger partial charge in [0.05, 0.1) is 10.9 Å². The van der Waals surface area contributed by atoms with Gasteiger partial charge in [0.15, 0.2) is 15.5 Å². The highest BCUT2D eigenvalue weighted by Crippen LogP contribution is 2.56. The Kier molecular flexibility index (Phi) is 7.33. The standard InChI is InChI=1S/C27H21F8N3O5S/c28-16-5-7-17(8-6-16)44(42,43)24-10-11-38(22(39)19-13-20(23(40)41)37-36-19)21(24)3-1-2-14-12-15(4-9-18(14)24)25(29,26(30,31)32)27(33,34)35/h4-9,12-13,21H,1-3,10-11H2,(H,36,37)(H,40,41)/t21-,24-/m0/s1. The van der Waals surface area contributed by atoms with Gasteiger partial charge in [-0.2, -0.15) is 31.4 Å².